The molecule has 0 unspecified atom stereocenters. The van der Waals surface area contributed by atoms with Crippen molar-refractivity contribution in [2.45, 2.75) is 45.6 Å². The van der Waals surface area contributed by atoms with Crippen molar-refractivity contribution in [3.05, 3.63) is 65.9 Å². The normalized spacial score (nSPS) is 14.9. The molecule has 3 aromatic rings. The molecule has 11 nitrogen and oxygen atoms in total. The number of amides is 4. The van der Waals surface area contributed by atoms with E-state index >= 15 is 0 Å². The van der Waals surface area contributed by atoms with Gasteiger partial charge in [0.25, 0.3) is 17.6 Å². The van der Waals surface area contributed by atoms with Crippen LogP contribution < -0.4 is 10.6 Å². The number of fused-ring (bicyclic) bond motifs is 1. The number of ether oxygens (including phenoxy) is 1. The summed E-state index contributed by atoms with van der Waals surface area (Å²) >= 11 is 0. The van der Waals surface area contributed by atoms with Crippen LogP contribution in [0, 0.1) is 0 Å². The Morgan fingerprint density at radius 2 is 1.76 bits per heavy atom. The van der Waals surface area contributed by atoms with E-state index in [1.807, 2.05) is 25.1 Å². The molecule has 11 heteroatoms. The number of Topliss-reactive ketones (excluding diaryl/α,β-unsaturated/α-hetero) is 1. The van der Waals surface area contributed by atoms with Crippen LogP contribution in [-0.2, 0) is 14.3 Å². The number of H-pyrrole nitrogens is 1. The molecule has 3 N–H and O–H groups in total. The molecule has 1 fully saturated rings. The third-order valence-corrected chi connectivity index (χ3v) is 7.25. The first kappa shape index (κ1) is 30.3. The van der Waals surface area contributed by atoms with Gasteiger partial charge in [-0.05, 0) is 44.9 Å². The SMILES string of the molecule is CCOC(=O)CCCCCNC(=O)Nc1cccc2c(C(=O)C(=O)N3CCN(C(=O)c4ccccc4)C[C@H]3C)c[nH]c12. The van der Waals surface area contributed by atoms with E-state index in [1.54, 1.807) is 42.2 Å². The van der Waals surface area contributed by atoms with E-state index in [4.69, 9.17) is 4.74 Å². The Bertz CT molecular complexity index is 1440. The van der Waals surface area contributed by atoms with Gasteiger partial charge in [0, 0.05) is 55.8 Å². The second kappa shape index (κ2) is 14.3. The first-order chi connectivity index (χ1) is 20.3. The highest BCUT2D eigenvalue weighted by molar-refractivity contribution is 6.45. The molecule has 0 saturated carbocycles. The summed E-state index contributed by atoms with van der Waals surface area (Å²) in [5.74, 6) is -1.60. The zero-order chi connectivity index (χ0) is 30.1. The van der Waals surface area contributed by atoms with Crippen LogP contribution in [0.4, 0.5) is 10.5 Å². The van der Waals surface area contributed by atoms with E-state index in [9.17, 15) is 24.0 Å². The number of rotatable bonds is 11. The number of hydrogen-bond donors (Lipinski definition) is 3. The van der Waals surface area contributed by atoms with Gasteiger partial charge in [0.1, 0.15) is 0 Å². The molecule has 0 aliphatic carbocycles. The molecule has 0 radical (unpaired) electrons. The van der Waals surface area contributed by atoms with Crippen molar-refractivity contribution in [3.8, 4) is 0 Å². The van der Waals surface area contributed by atoms with Crippen LogP contribution in [-0.4, -0.2) is 83.2 Å². The van der Waals surface area contributed by atoms with Crippen molar-refractivity contribution in [1.82, 2.24) is 20.1 Å². The Morgan fingerprint density at radius 3 is 2.50 bits per heavy atom. The predicted molar refractivity (Wildman–Crippen MR) is 158 cm³/mol. The zero-order valence-corrected chi connectivity index (χ0v) is 24.0. The van der Waals surface area contributed by atoms with E-state index in [0.29, 0.717) is 67.7 Å². The highest BCUT2D eigenvalue weighted by atomic mass is 16.5. The van der Waals surface area contributed by atoms with Crippen molar-refractivity contribution in [2.24, 2.45) is 0 Å². The number of benzene rings is 2. The van der Waals surface area contributed by atoms with Gasteiger partial charge >= 0.3 is 12.0 Å². The lowest BCUT2D eigenvalue weighted by molar-refractivity contribution is -0.143. The standard InChI is InChI=1S/C31H37N5O6/c1-3-42-26(37)15-8-5-9-16-32-31(41)34-25-14-10-13-23-24(19-33-27(23)25)28(38)30(40)36-18-17-35(20-21(36)2)29(39)22-11-6-4-7-12-22/h4,6-7,10-14,19,21,33H,3,5,8-9,15-18,20H2,1-2H3,(H2,32,34,41)/t21-/m1/s1. The zero-order valence-electron chi connectivity index (χ0n) is 24.0. The van der Waals surface area contributed by atoms with Crippen molar-refractivity contribution in [3.63, 3.8) is 0 Å². The number of anilines is 1. The van der Waals surface area contributed by atoms with Crippen LogP contribution in [0.25, 0.3) is 10.9 Å². The number of para-hydroxylation sites is 1. The second-order valence-electron chi connectivity index (χ2n) is 10.2. The van der Waals surface area contributed by atoms with E-state index in [-0.39, 0.29) is 30.0 Å². The predicted octanol–water partition coefficient (Wildman–Crippen LogP) is 3.97. The molecule has 0 spiro atoms. The maximum absolute atomic E-state index is 13.3. The monoisotopic (exact) mass is 575 g/mol. The largest absolute Gasteiger partial charge is 0.466 e. The number of hydrogen-bond acceptors (Lipinski definition) is 6. The number of ketones is 1. The van der Waals surface area contributed by atoms with Crippen LogP contribution in [0.3, 0.4) is 0 Å². The molecule has 1 aromatic heterocycles. The van der Waals surface area contributed by atoms with Crippen LogP contribution >= 0.6 is 0 Å². The lowest BCUT2D eigenvalue weighted by Crippen LogP contribution is -2.56. The Balaban J connectivity index is 1.32. The minimum absolute atomic E-state index is 0.101. The van der Waals surface area contributed by atoms with Gasteiger partial charge in [-0.25, -0.2) is 4.79 Å². The summed E-state index contributed by atoms with van der Waals surface area (Å²) in [6.07, 6.45) is 4.04. The van der Waals surface area contributed by atoms with E-state index in [0.717, 1.165) is 6.42 Å². The Kier molecular flexibility index (Phi) is 10.3. The molecule has 1 saturated heterocycles. The molecular weight excluding hydrogens is 538 g/mol. The van der Waals surface area contributed by atoms with Gasteiger partial charge in [-0.15, -0.1) is 0 Å². The molecule has 0 bridgehead atoms. The summed E-state index contributed by atoms with van der Waals surface area (Å²) in [5, 5.41) is 6.11. The van der Waals surface area contributed by atoms with Crippen molar-refractivity contribution in [2.75, 3.05) is 38.1 Å². The number of carbonyl (C=O) groups is 5. The summed E-state index contributed by atoms with van der Waals surface area (Å²) in [6, 6.07) is 13.4. The number of aromatic nitrogens is 1. The smallest absolute Gasteiger partial charge is 0.319 e. The molecule has 1 aliphatic rings. The number of unbranched alkanes of at least 4 members (excludes halogenated alkanes) is 2. The average Bonchev–Trinajstić information content (AvgIpc) is 3.43. The van der Waals surface area contributed by atoms with Crippen LogP contribution in [0.1, 0.15) is 60.2 Å². The molecule has 42 heavy (non-hydrogen) atoms. The van der Waals surface area contributed by atoms with Crippen molar-refractivity contribution >= 4 is 46.2 Å². The number of aromatic amines is 1. The highest BCUT2D eigenvalue weighted by Gasteiger charge is 2.34. The summed E-state index contributed by atoms with van der Waals surface area (Å²) in [7, 11) is 0. The fourth-order valence-electron chi connectivity index (χ4n) is 5.07. The number of nitrogens with one attached hydrogen (secondary N) is 3. The first-order valence-corrected chi connectivity index (χ1v) is 14.3. The minimum atomic E-state index is -0.652. The topological polar surface area (TPSA) is 141 Å². The number of esters is 1. The van der Waals surface area contributed by atoms with Crippen LogP contribution in [0.5, 0.6) is 0 Å². The van der Waals surface area contributed by atoms with Gasteiger partial charge in [-0.1, -0.05) is 36.8 Å². The Hall–Kier alpha value is -4.67. The number of nitrogens with zero attached hydrogens (tertiary/aromatic N) is 2. The maximum atomic E-state index is 13.3. The van der Waals surface area contributed by atoms with Crippen LogP contribution in [0.2, 0.25) is 0 Å². The van der Waals surface area contributed by atoms with E-state index in [1.165, 1.54) is 11.1 Å². The number of urea groups is 1. The fraction of sp³-hybridized carbons (Fsp3) is 0.387. The van der Waals surface area contributed by atoms with Gasteiger partial charge in [-0.2, -0.15) is 0 Å². The summed E-state index contributed by atoms with van der Waals surface area (Å²) in [5.41, 5.74) is 1.81. The van der Waals surface area contributed by atoms with Crippen molar-refractivity contribution in [1.29, 1.82) is 0 Å². The lowest BCUT2D eigenvalue weighted by Gasteiger charge is -2.39. The Morgan fingerprint density at radius 1 is 0.976 bits per heavy atom. The third kappa shape index (κ3) is 7.34. The highest BCUT2D eigenvalue weighted by Crippen LogP contribution is 2.27. The van der Waals surface area contributed by atoms with Gasteiger partial charge in [0.2, 0.25) is 0 Å². The fourth-order valence-corrected chi connectivity index (χ4v) is 5.07. The van der Waals surface area contributed by atoms with Crippen LogP contribution in [0.15, 0.2) is 54.7 Å². The Labute approximate surface area is 244 Å². The van der Waals surface area contributed by atoms with Gasteiger partial charge in [-0.3, -0.25) is 19.2 Å². The summed E-state index contributed by atoms with van der Waals surface area (Å²) in [6.45, 7) is 5.32. The number of piperazine rings is 1. The van der Waals surface area contributed by atoms with E-state index in [2.05, 4.69) is 15.6 Å². The molecular formula is C31H37N5O6. The molecule has 2 heterocycles. The number of carbonyl (C=O) groups excluding carboxylic acids is 5. The maximum Gasteiger partial charge on any atom is 0.319 e. The lowest BCUT2D eigenvalue weighted by atomic mass is 10.1. The third-order valence-electron chi connectivity index (χ3n) is 7.25. The molecule has 2 aromatic carbocycles. The quantitative estimate of drug-likeness (QED) is 0.137. The minimum Gasteiger partial charge on any atom is -0.466 e. The van der Waals surface area contributed by atoms with Gasteiger partial charge in [0.05, 0.1) is 23.4 Å². The van der Waals surface area contributed by atoms with E-state index < -0.39 is 17.7 Å². The summed E-state index contributed by atoms with van der Waals surface area (Å²) in [4.78, 5) is 69.5. The molecule has 1 aliphatic heterocycles. The molecule has 222 valence electrons. The van der Waals surface area contributed by atoms with Gasteiger partial charge in [0.15, 0.2) is 0 Å². The molecule has 4 rings (SSSR count). The second-order valence-corrected chi connectivity index (χ2v) is 10.2. The molecule has 1 atom stereocenters. The first-order valence-electron chi connectivity index (χ1n) is 14.3. The molecule has 4 amide bonds. The average molecular weight is 576 g/mol. The summed E-state index contributed by atoms with van der Waals surface area (Å²) < 4.78 is 4.90. The van der Waals surface area contributed by atoms with Crippen molar-refractivity contribution < 1.29 is 28.7 Å². The van der Waals surface area contributed by atoms with Gasteiger partial charge < -0.3 is 30.2 Å².